The number of methoxy groups -OCH3 is 1. The number of hydrogen-bond acceptors (Lipinski definition) is 3. The Balaban J connectivity index is 2.02. The zero-order valence-corrected chi connectivity index (χ0v) is 12.4. The van der Waals surface area contributed by atoms with Gasteiger partial charge in [0.2, 0.25) is 0 Å². The maximum absolute atomic E-state index is 5.22. The molecule has 0 aliphatic carbocycles. The van der Waals surface area contributed by atoms with Gasteiger partial charge in [-0.15, -0.1) is 0 Å². The van der Waals surface area contributed by atoms with Crippen LogP contribution in [-0.2, 0) is 6.42 Å². The van der Waals surface area contributed by atoms with Gasteiger partial charge >= 0.3 is 0 Å². The summed E-state index contributed by atoms with van der Waals surface area (Å²) < 4.78 is 5.22. The molecule has 1 N–H and O–H groups in total. The summed E-state index contributed by atoms with van der Waals surface area (Å²) in [5.74, 6) is 1.62. The Bertz CT molecular complexity index is 369. The van der Waals surface area contributed by atoms with Crippen LogP contribution in [0.4, 0.5) is 0 Å². The third-order valence-electron chi connectivity index (χ3n) is 3.99. The fourth-order valence-corrected chi connectivity index (χ4v) is 2.80. The lowest BCUT2D eigenvalue weighted by molar-refractivity contribution is 0.136. The van der Waals surface area contributed by atoms with E-state index in [0.29, 0.717) is 12.0 Å². The van der Waals surface area contributed by atoms with Crippen LogP contribution >= 0.6 is 0 Å². The molecule has 3 nitrogen and oxygen atoms in total. The molecule has 1 fully saturated rings. The molecule has 3 heteroatoms. The topological polar surface area (TPSA) is 24.5 Å². The van der Waals surface area contributed by atoms with E-state index in [1.807, 2.05) is 0 Å². The van der Waals surface area contributed by atoms with Crippen LogP contribution in [0.2, 0.25) is 0 Å². The van der Waals surface area contributed by atoms with Crippen LogP contribution in [0, 0.1) is 5.92 Å². The van der Waals surface area contributed by atoms with Crippen LogP contribution in [0.3, 0.4) is 0 Å². The average molecular weight is 262 g/mol. The summed E-state index contributed by atoms with van der Waals surface area (Å²) in [5, 5.41) is 3.43. The molecule has 1 aliphatic heterocycles. The monoisotopic (exact) mass is 262 g/mol. The zero-order chi connectivity index (χ0) is 13.7. The van der Waals surface area contributed by atoms with Crippen molar-refractivity contribution in [1.29, 1.82) is 0 Å². The van der Waals surface area contributed by atoms with Gasteiger partial charge in [-0.2, -0.15) is 0 Å². The van der Waals surface area contributed by atoms with Crippen LogP contribution in [-0.4, -0.2) is 44.2 Å². The second-order valence-electron chi connectivity index (χ2n) is 5.65. The van der Waals surface area contributed by atoms with Gasteiger partial charge in [-0.25, -0.2) is 0 Å². The lowest BCUT2D eigenvalue weighted by Gasteiger charge is -2.37. The van der Waals surface area contributed by atoms with Crippen LogP contribution in [0.1, 0.15) is 19.4 Å². The van der Waals surface area contributed by atoms with Gasteiger partial charge in [0, 0.05) is 32.2 Å². The Morgan fingerprint density at radius 2 is 1.79 bits per heavy atom. The van der Waals surface area contributed by atoms with Crippen molar-refractivity contribution in [3.63, 3.8) is 0 Å². The predicted octanol–water partition coefficient (Wildman–Crippen LogP) is 2.17. The SMILES string of the molecule is COc1ccc(CC(C(C)C)N2CCNCC2)cc1. The minimum absolute atomic E-state index is 0.635. The first-order chi connectivity index (χ1) is 9.20. The van der Waals surface area contributed by atoms with Gasteiger partial charge in [0.05, 0.1) is 7.11 Å². The molecule has 2 rings (SSSR count). The summed E-state index contributed by atoms with van der Waals surface area (Å²) >= 11 is 0. The van der Waals surface area contributed by atoms with Crippen LogP contribution in [0.25, 0.3) is 0 Å². The van der Waals surface area contributed by atoms with E-state index in [4.69, 9.17) is 4.74 Å². The number of ether oxygens (including phenoxy) is 1. The molecule has 1 aliphatic rings. The fourth-order valence-electron chi connectivity index (χ4n) is 2.80. The molecule has 1 heterocycles. The number of piperazine rings is 1. The van der Waals surface area contributed by atoms with Crippen LogP contribution in [0.5, 0.6) is 5.75 Å². The maximum Gasteiger partial charge on any atom is 0.118 e. The average Bonchev–Trinajstić information content (AvgIpc) is 2.46. The number of hydrogen-bond donors (Lipinski definition) is 1. The molecule has 1 aromatic rings. The van der Waals surface area contributed by atoms with Gasteiger partial charge in [-0.05, 0) is 30.0 Å². The van der Waals surface area contributed by atoms with Gasteiger partial charge in [0.25, 0.3) is 0 Å². The molecule has 1 unspecified atom stereocenters. The summed E-state index contributed by atoms with van der Waals surface area (Å²) in [5.41, 5.74) is 1.40. The first-order valence-electron chi connectivity index (χ1n) is 7.28. The summed E-state index contributed by atoms with van der Waals surface area (Å²) in [4.78, 5) is 2.63. The Hall–Kier alpha value is -1.06. The Morgan fingerprint density at radius 3 is 2.32 bits per heavy atom. The normalized spacial score (nSPS) is 18.5. The second-order valence-corrected chi connectivity index (χ2v) is 5.65. The van der Waals surface area contributed by atoms with Gasteiger partial charge < -0.3 is 10.1 Å². The highest BCUT2D eigenvalue weighted by Gasteiger charge is 2.23. The molecule has 1 atom stereocenters. The van der Waals surface area contributed by atoms with Crippen LogP contribution in [0.15, 0.2) is 24.3 Å². The van der Waals surface area contributed by atoms with E-state index in [1.54, 1.807) is 7.11 Å². The number of rotatable bonds is 5. The third kappa shape index (κ3) is 3.95. The van der Waals surface area contributed by atoms with E-state index in [-0.39, 0.29) is 0 Å². The van der Waals surface area contributed by atoms with E-state index in [2.05, 4.69) is 48.3 Å². The molecule has 1 aromatic carbocycles. The molecule has 0 aromatic heterocycles. The Labute approximate surface area is 116 Å². The van der Waals surface area contributed by atoms with Crippen molar-refractivity contribution in [2.45, 2.75) is 26.3 Å². The number of nitrogens with zero attached hydrogens (tertiary/aromatic N) is 1. The molecule has 0 bridgehead atoms. The van der Waals surface area contributed by atoms with Crippen molar-refractivity contribution < 1.29 is 4.74 Å². The molecule has 0 saturated carbocycles. The molecular formula is C16H26N2O. The maximum atomic E-state index is 5.22. The van der Waals surface area contributed by atoms with Crippen molar-refractivity contribution >= 4 is 0 Å². The van der Waals surface area contributed by atoms with E-state index in [1.165, 1.54) is 18.7 Å². The summed E-state index contributed by atoms with van der Waals surface area (Å²) in [6, 6.07) is 9.14. The molecule has 0 amide bonds. The summed E-state index contributed by atoms with van der Waals surface area (Å²) in [6.07, 6.45) is 1.13. The zero-order valence-electron chi connectivity index (χ0n) is 12.4. The Kier molecular flexibility index (Phi) is 5.23. The molecule has 0 spiro atoms. The van der Waals surface area contributed by atoms with Gasteiger partial charge in [-0.3, -0.25) is 4.90 Å². The molecule has 1 saturated heterocycles. The predicted molar refractivity (Wildman–Crippen MR) is 79.8 cm³/mol. The standard InChI is InChI=1S/C16H26N2O/c1-13(2)16(18-10-8-17-9-11-18)12-14-4-6-15(19-3)7-5-14/h4-7,13,16-17H,8-12H2,1-3H3. The highest BCUT2D eigenvalue weighted by atomic mass is 16.5. The first kappa shape index (κ1) is 14.4. The smallest absolute Gasteiger partial charge is 0.118 e. The lowest BCUT2D eigenvalue weighted by atomic mass is 9.94. The Morgan fingerprint density at radius 1 is 1.16 bits per heavy atom. The largest absolute Gasteiger partial charge is 0.497 e. The lowest BCUT2D eigenvalue weighted by Crippen LogP contribution is -2.50. The van der Waals surface area contributed by atoms with E-state index >= 15 is 0 Å². The van der Waals surface area contributed by atoms with Crippen molar-refractivity contribution in [3.8, 4) is 5.75 Å². The highest BCUT2D eigenvalue weighted by Crippen LogP contribution is 2.19. The van der Waals surface area contributed by atoms with Crippen molar-refractivity contribution in [1.82, 2.24) is 10.2 Å². The van der Waals surface area contributed by atoms with E-state index in [9.17, 15) is 0 Å². The third-order valence-corrected chi connectivity index (χ3v) is 3.99. The van der Waals surface area contributed by atoms with Gasteiger partial charge in [0.15, 0.2) is 0 Å². The molecule has 106 valence electrons. The van der Waals surface area contributed by atoms with Crippen LogP contribution < -0.4 is 10.1 Å². The second kappa shape index (κ2) is 6.92. The summed E-state index contributed by atoms with van der Waals surface area (Å²) in [7, 11) is 1.71. The van der Waals surface area contributed by atoms with Crippen molar-refractivity contribution in [2.24, 2.45) is 5.92 Å². The fraction of sp³-hybridized carbons (Fsp3) is 0.625. The van der Waals surface area contributed by atoms with Crippen molar-refractivity contribution in [2.75, 3.05) is 33.3 Å². The quantitative estimate of drug-likeness (QED) is 0.880. The number of benzene rings is 1. The molecular weight excluding hydrogens is 236 g/mol. The van der Waals surface area contributed by atoms with Gasteiger partial charge in [0.1, 0.15) is 5.75 Å². The minimum atomic E-state index is 0.635. The highest BCUT2D eigenvalue weighted by molar-refractivity contribution is 5.27. The van der Waals surface area contributed by atoms with E-state index < -0.39 is 0 Å². The molecule has 0 radical (unpaired) electrons. The first-order valence-corrected chi connectivity index (χ1v) is 7.28. The summed E-state index contributed by atoms with van der Waals surface area (Å²) in [6.45, 7) is 9.22. The van der Waals surface area contributed by atoms with E-state index in [0.717, 1.165) is 25.3 Å². The minimum Gasteiger partial charge on any atom is -0.497 e. The van der Waals surface area contributed by atoms with Crippen molar-refractivity contribution in [3.05, 3.63) is 29.8 Å². The number of nitrogens with one attached hydrogen (secondary N) is 1. The van der Waals surface area contributed by atoms with Gasteiger partial charge in [-0.1, -0.05) is 26.0 Å². The molecule has 19 heavy (non-hydrogen) atoms.